The van der Waals surface area contributed by atoms with Gasteiger partial charge in [0.2, 0.25) is 11.7 Å². The summed E-state index contributed by atoms with van der Waals surface area (Å²) in [6.45, 7) is 2.54. The minimum absolute atomic E-state index is 0.165. The minimum atomic E-state index is -4.69. The molecule has 0 spiro atoms. The number of amides is 1. The molecule has 0 unspecified atom stereocenters. The van der Waals surface area contributed by atoms with E-state index in [4.69, 9.17) is 5.26 Å². The number of nitriles is 1. The molecule has 0 fully saturated rings. The fourth-order valence-electron chi connectivity index (χ4n) is 1.99. The van der Waals surface area contributed by atoms with Gasteiger partial charge < -0.3 is 9.42 Å². The second-order valence-electron chi connectivity index (χ2n) is 4.86. The number of rotatable bonds is 5. The van der Waals surface area contributed by atoms with Crippen LogP contribution >= 0.6 is 0 Å². The van der Waals surface area contributed by atoms with E-state index in [-0.39, 0.29) is 18.2 Å². The summed E-state index contributed by atoms with van der Waals surface area (Å²) in [5.74, 6) is -1.85. The molecule has 9 heteroatoms. The molecule has 0 N–H and O–H groups in total. The molecule has 0 atom stereocenters. The smallest absolute Gasteiger partial charge is 0.338 e. The van der Waals surface area contributed by atoms with E-state index < -0.39 is 12.1 Å². The van der Waals surface area contributed by atoms with Gasteiger partial charge in [-0.2, -0.15) is 23.4 Å². The van der Waals surface area contributed by atoms with Crippen molar-refractivity contribution < 1.29 is 22.5 Å². The molecule has 6 nitrogen and oxygen atoms in total. The van der Waals surface area contributed by atoms with E-state index in [1.165, 1.54) is 4.90 Å². The number of nitrogens with zero attached hydrogens (tertiary/aromatic N) is 4. The first kappa shape index (κ1) is 17.5. The second kappa shape index (κ2) is 7.12. The first-order chi connectivity index (χ1) is 11.3. The van der Waals surface area contributed by atoms with Gasteiger partial charge in [0.25, 0.3) is 0 Å². The molecule has 0 radical (unpaired) electrons. The summed E-state index contributed by atoms with van der Waals surface area (Å²) in [5.41, 5.74) is 1.14. The molecule has 1 heterocycles. The molecule has 0 aliphatic carbocycles. The average molecular weight is 338 g/mol. The molecular weight excluding hydrogens is 325 g/mol. The van der Waals surface area contributed by atoms with Crippen molar-refractivity contribution in [2.45, 2.75) is 26.1 Å². The molecule has 0 aliphatic heterocycles. The lowest BCUT2D eigenvalue weighted by atomic mass is 10.1. The van der Waals surface area contributed by atoms with Gasteiger partial charge in [0.05, 0.1) is 6.07 Å². The molecule has 0 bridgehead atoms. The lowest BCUT2D eigenvalue weighted by molar-refractivity contribution is -0.159. The van der Waals surface area contributed by atoms with Crippen molar-refractivity contribution in [2.75, 3.05) is 6.54 Å². The molecule has 126 valence electrons. The van der Waals surface area contributed by atoms with Crippen LogP contribution in [0.25, 0.3) is 11.4 Å². The van der Waals surface area contributed by atoms with Crippen molar-refractivity contribution in [1.82, 2.24) is 15.0 Å². The predicted octanol–water partition coefficient (Wildman–Crippen LogP) is 3.02. The molecular formula is C15H13F3N4O2. The van der Waals surface area contributed by atoms with Crippen molar-refractivity contribution in [3.63, 3.8) is 0 Å². The first-order valence-electron chi connectivity index (χ1n) is 7.00. The maximum atomic E-state index is 12.4. The number of aromatic nitrogens is 2. The summed E-state index contributed by atoms with van der Waals surface area (Å²) in [7, 11) is 0. The number of benzene rings is 1. The van der Waals surface area contributed by atoms with E-state index in [1.54, 1.807) is 37.3 Å². The number of hydrogen-bond acceptors (Lipinski definition) is 5. The van der Waals surface area contributed by atoms with Gasteiger partial charge in [-0.25, -0.2) is 0 Å². The highest BCUT2D eigenvalue weighted by Gasteiger charge is 2.38. The Morgan fingerprint density at radius 3 is 2.50 bits per heavy atom. The number of halogens is 3. The van der Waals surface area contributed by atoms with Gasteiger partial charge in [-0.05, 0) is 12.5 Å². The van der Waals surface area contributed by atoms with Crippen LogP contribution in [0.1, 0.15) is 24.8 Å². The van der Waals surface area contributed by atoms with Crippen LogP contribution in [0.2, 0.25) is 0 Å². The van der Waals surface area contributed by atoms with Crippen LogP contribution in [0.4, 0.5) is 13.2 Å². The zero-order chi connectivity index (χ0) is 17.7. The van der Waals surface area contributed by atoms with Crippen LogP contribution < -0.4 is 0 Å². The van der Waals surface area contributed by atoms with Gasteiger partial charge in [-0.1, -0.05) is 29.4 Å². The fourth-order valence-corrected chi connectivity index (χ4v) is 1.99. The molecule has 0 aliphatic rings. The standard InChI is InChI=1S/C15H13F3N4O2/c1-2-22(12(23)7-8-19)9-10-3-5-11(6-4-10)13-20-14(24-21-13)15(16,17)18/h3-6H,2,7,9H2,1H3. The number of hydrogen-bond donors (Lipinski definition) is 0. The summed E-state index contributed by atoms with van der Waals surface area (Å²) >= 11 is 0. The van der Waals surface area contributed by atoms with E-state index in [9.17, 15) is 18.0 Å². The Bertz CT molecular complexity index is 747. The van der Waals surface area contributed by atoms with E-state index in [0.29, 0.717) is 18.7 Å². The van der Waals surface area contributed by atoms with Gasteiger partial charge >= 0.3 is 12.1 Å². The maximum Gasteiger partial charge on any atom is 0.471 e. The van der Waals surface area contributed by atoms with Crippen LogP contribution in [0.5, 0.6) is 0 Å². The van der Waals surface area contributed by atoms with Gasteiger partial charge in [-0.15, -0.1) is 0 Å². The largest absolute Gasteiger partial charge is 0.471 e. The lowest BCUT2D eigenvalue weighted by Gasteiger charge is -2.19. The van der Waals surface area contributed by atoms with Crippen LogP contribution in [-0.2, 0) is 17.5 Å². The molecule has 1 amide bonds. The molecule has 1 aromatic heterocycles. The Hall–Kier alpha value is -2.89. The van der Waals surface area contributed by atoms with Gasteiger partial charge in [0.1, 0.15) is 6.42 Å². The average Bonchev–Trinajstić information content (AvgIpc) is 3.03. The number of carbonyl (C=O) groups is 1. The predicted molar refractivity (Wildman–Crippen MR) is 76.1 cm³/mol. The normalized spacial score (nSPS) is 11.1. The fraction of sp³-hybridized carbons (Fsp3) is 0.333. The topological polar surface area (TPSA) is 83.0 Å². The number of carbonyl (C=O) groups excluding carboxylic acids is 1. The quantitative estimate of drug-likeness (QED) is 0.837. The summed E-state index contributed by atoms with van der Waals surface area (Å²) in [4.78, 5) is 16.5. The Kier molecular flexibility index (Phi) is 5.18. The van der Waals surface area contributed by atoms with E-state index >= 15 is 0 Å². The summed E-state index contributed by atoms with van der Waals surface area (Å²) in [6, 6.07) is 8.20. The van der Waals surface area contributed by atoms with Gasteiger partial charge in [0, 0.05) is 18.7 Å². The highest BCUT2D eigenvalue weighted by Crippen LogP contribution is 2.29. The summed E-state index contributed by atoms with van der Waals surface area (Å²) in [5, 5.41) is 11.9. The van der Waals surface area contributed by atoms with Crippen molar-refractivity contribution in [3.8, 4) is 17.5 Å². The monoisotopic (exact) mass is 338 g/mol. The molecule has 1 aromatic carbocycles. The second-order valence-corrected chi connectivity index (χ2v) is 4.86. The van der Waals surface area contributed by atoms with Crippen molar-refractivity contribution in [1.29, 1.82) is 5.26 Å². The molecule has 0 saturated heterocycles. The lowest BCUT2D eigenvalue weighted by Crippen LogP contribution is -2.29. The van der Waals surface area contributed by atoms with Gasteiger partial charge in [0.15, 0.2) is 0 Å². The van der Waals surface area contributed by atoms with E-state index in [0.717, 1.165) is 5.56 Å². The Morgan fingerprint density at radius 2 is 2.00 bits per heavy atom. The maximum absolute atomic E-state index is 12.4. The third-order valence-electron chi connectivity index (χ3n) is 3.22. The van der Waals surface area contributed by atoms with Crippen LogP contribution in [0.3, 0.4) is 0 Å². The van der Waals surface area contributed by atoms with E-state index in [2.05, 4.69) is 14.7 Å². The zero-order valence-electron chi connectivity index (χ0n) is 12.7. The molecule has 24 heavy (non-hydrogen) atoms. The molecule has 2 rings (SSSR count). The highest BCUT2D eigenvalue weighted by molar-refractivity contribution is 5.78. The van der Waals surface area contributed by atoms with Crippen LogP contribution in [-0.4, -0.2) is 27.5 Å². The zero-order valence-corrected chi connectivity index (χ0v) is 12.7. The van der Waals surface area contributed by atoms with Crippen LogP contribution in [0, 0.1) is 11.3 Å². The van der Waals surface area contributed by atoms with Gasteiger partial charge in [-0.3, -0.25) is 4.79 Å². The SMILES string of the molecule is CCN(Cc1ccc(-c2noc(C(F)(F)F)n2)cc1)C(=O)CC#N. The van der Waals surface area contributed by atoms with Crippen LogP contribution in [0.15, 0.2) is 28.8 Å². The van der Waals surface area contributed by atoms with Crippen molar-refractivity contribution in [2.24, 2.45) is 0 Å². The Morgan fingerprint density at radius 1 is 1.33 bits per heavy atom. The third kappa shape index (κ3) is 4.10. The van der Waals surface area contributed by atoms with Crippen molar-refractivity contribution >= 4 is 5.91 Å². The van der Waals surface area contributed by atoms with Crippen molar-refractivity contribution in [3.05, 3.63) is 35.7 Å². The molecule has 2 aromatic rings. The Labute approximate surface area is 135 Å². The third-order valence-corrected chi connectivity index (χ3v) is 3.22. The Balaban J connectivity index is 2.12. The highest BCUT2D eigenvalue weighted by atomic mass is 19.4. The minimum Gasteiger partial charge on any atom is -0.338 e. The summed E-state index contributed by atoms with van der Waals surface area (Å²) in [6.07, 6.45) is -4.89. The number of alkyl halides is 3. The first-order valence-corrected chi connectivity index (χ1v) is 7.00. The summed E-state index contributed by atoms with van der Waals surface area (Å²) < 4.78 is 41.5. The van der Waals surface area contributed by atoms with E-state index in [1.807, 2.05) is 0 Å². The molecule has 0 saturated carbocycles.